The molecule has 2 atom stereocenters. The minimum Gasteiger partial charge on any atom is -0.497 e. The molecule has 6 heteroatoms. The quantitative estimate of drug-likeness (QED) is 0.777. The lowest BCUT2D eigenvalue weighted by atomic mass is 10.1. The van der Waals surface area contributed by atoms with Gasteiger partial charge in [0.1, 0.15) is 5.75 Å². The second kappa shape index (κ2) is 7.35. The lowest BCUT2D eigenvalue weighted by Gasteiger charge is -2.20. The van der Waals surface area contributed by atoms with Crippen molar-refractivity contribution in [1.82, 2.24) is 5.32 Å². The molecule has 1 rings (SSSR count). The van der Waals surface area contributed by atoms with Gasteiger partial charge < -0.3 is 20.5 Å². The van der Waals surface area contributed by atoms with Crippen molar-refractivity contribution < 1.29 is 14.6 Å². The monoisotopic (exact) mass is 330 g/mol. The molecule has 0 aromatic heterocycles. The third-order valence-electron chi connectivity index (χ3n) is 2.92. The first-order valence-electron chi connectivity index (χ1n) is 5.99. The van der Waals surface area contributed by atoms with Crippen molar-refractivity contribution in [1.29, 1.82) is 0 Å². The Labute approximate surface area is 121 Å². The molecule has 19 heavy (non-hydrogen) atoms. The van der Waals surface area contributed by atoms with Gasteiger partial charge in [-0.05, 0) is 40.9 Å². The lowest BCUT2D eigenvalue weighted by Crippen LogP contribution is -2.40. The molecule has 1 aromatic carbocycles. The molecule has 1 aromatic rings. The van der Waals surface area contributed by atoms with E-state index in [0.717, 1.165) is 4.47 Å². The van der Waals surface area contributed by atoms with E-state index in [2.05, 4.69) is 26.6 Å². The standard InChI is InChI=1S/C13H19BrN2O3/c1-8(7-17)9(2)15-13(18)16-12-6-10(19-3)4-5-11(12)14/h4-6,8-9,17H,7H2,1-3H3,(H2,15,16,18)/t8-,9+/m1/s1. The Morgan fingerprint density at radius 2 is 2.16 bits per heavy atom. The second-order valence-electron chi connectivity index (χ2n) is 4.39. The zero-order valence-electron chi connectivity index (χ0n) is 11.2. The van der Waals surface area contributed by atoms with Crippen LogP contribution in [0.25, 0.3) is 0 Å². The number of rotatable bonds is 5. The SMILES string of the molecule is COc1ccc(Br)c(NC(=O)N[C@@H](C)[C@H](C)CO)c1. The molecule has 0 fully saturated rings. The highest BCUT2D eigenvalue weighted by molar-refractivity contribution is 9.10. The number of halogens is 1. The fourth-order valence-corrected chi connectivity index (χ4v) is 1.74. The summed E-state index contributed by atoms with van der Waals surface area (Å²) in [6, 6.07) is 4.89. The number of benzene rings is 1. The highest BCUT2D eigenvalue weighted by Gasteiger charge is 2.14. The van der Waals surface area contributed by atoms with Crippen molar-refractivity contribution in [2.45, 2.75) is 19.9 Å². The summed E-state index contributed by atoms with van der Waals surface area (Å²) < 4.78 is 5.87. The van der Waals surface area contributed by atoms with Crippen LogP contribution in [-0.4, -0.2) is 30.9 Å². The molecule has 0 saturated carbocycles. The van der Waals surface area contributed by atoms with Crippen LogP contribution in [0.2, 0.25) is 0 Å². The van der Waals surface area contributed by atoms with Gasteiger partial charge >= 0.3 is 6.03 Å². The summed E-state index contributed by atoms with van der Waals surface area (Å²) in [6.07, 6.45) is 0. The lowest BCUT2D eigenvalue weighted by molar-refractivity contribution is 0.204. The van der Waals surface area contributed by atoms with E-state index in [4.69, 9.17) is 9.84 Å². The van der Waals surface area contributed by atoms with E-state index >= 15 is 0 Å². The molecule has 0 aliphatic heterocycles. The molecule has 0 saturated heterocycles. The number of amides is 2. The second-order valence-corrected chi connectivity index (χ2v) is 5.25. The van der Waals surface area contributed by atoms with E-state index in [-0.39, 0.29) is 24.6 Å². The van der Waals surface area contributed by atoms with Crippen LogP contribution in [0.5, 0.6) is 5.75 Å². The normalized spacial score (nSPS) is 13.5. The van der Waals surface area contributed by atoms with Gasteiger partial charge in [0.15, 0.2) is 0 Å². The molecular formula is C13H19BrN2O3. The van der Waals surface area contributed by atoms with E-state index in [1.54, 1.807) is 25.3 Å². The van der Waals surface area contributed by atoms with E-state index in [0.29, 0.717) is 11.4 Å². The Morgan fingerprint density at radius 1 is 1.47 bits per heavy atom. The van der Waals surface area contributed by atoms with Crippen LogP contribution in [0.1, 0.15) is 13.8 Å². The largest absolute Gasteiger partial charge is 0.497 e. The zero-order chi connectivity index (χ0) is 14.4. The van der Waals surface area contributed by atoms with Gasteiger partial charge in [-0.25, -0.2) is 4.79 Å². The van der Waals surface area contributed by atoms with Crippen molar-refractivity contribution in [2.75, 3.05) is 19.0 Å². The molecule has 3 N–H and O–H groups in total. The van der Waals surface area contributed by atoms with Crippen LogP contribution in [0, 0.1) is 5.92 Å². The van der Waals surface area contributed by atoms with Crippen LogP contribution in [0.3, 0.4) is 0 Å². The average molecular weight is 331 g/mol. The molecule has 0 spiro atoms. The van der Waals surface area contributed by atoms with E-state index in [1.165, 1.54) is 0 Å². The van der Waals surface area contributed by atoms with Crippen LogP contribution in [-0.2, 0) is 0 Å². The molecule has 0 unspecified atom stereocenters. The number of ether oxygens (including phenoxy) is 1. The summed E-state index contributed by atoms with van der Waals surface area (Å²) in [5.41, 5.74) is 0.626. The van der Waals surface area contributed by atoms with Gasteiger partial charge in [-0.15, -0.1) is 0 Å². The van der Waals surface area contributed by atoms with Gasteiger partial charge in [0.25, 0.3) is 0 Å². The number of anilines is 1. The van der Waals surface area contributed by atoms with Crippen molar-refractivity contribution in [3.8, 4) is 5.75 Å². The Morgan fingerprint density at radius 3 is 2.74 bits per heavy atom. The molecular weight excluding hydrogens is 312 g/mol. The topological polar surface area (TPSA) is 70.6 Å². The first kappa shape index (κ1) is 15.8. The van der Waals surface area contributed by atoms with Gasteiger partial charge in [-0.3, -0.25) is 0 Å². The summed E-state index contributed by atoms with van der Waals surface area (Å²) in [7, 11) is 1.57. The van der Waals surface area contributed by atoms with Crippen LogP contribution >= 0.6 is 15.9 Å². The number of urea groups is 1. The van der Waals surface area contributed by atoms with Crippen molar-refractivity contribution in [2.24, 2.45) is 5.92 Å². The minimum absolute atomic E-state index is 0.000463. The number of aliphatic hydroxyl groups excluding tert-OH is 1. The first-order chi connectivity index (χ1) is 8.97. The van der Waals surface area contributed by atoms with Crippen LogP contribution in [0.15, 0.2) is 22.7 Å². The summed E-state index contributed by atoms with van der Waals surface area (Å²) >= 11 is 3.36. The number of carbonyl (C=O) groups is 1. The molecule has 0 aliphatic rings. The smallest absolute Gasteiger partial charge is 0.319 e. The van der Waals surface area contributed by atoms with Gasteiger partial charge in [0.05, 0.1) is 12.8 Å². The van der Waals surface area contributed by atoms with Gasteiger partial charge in [0.2, 0.25) is 0 Å². The summed E-state index contributed by atoms with van der Waals surface area (Å²) in [5, 5.41) is 14.5. The molecule has 2 amide bonds. The number of hydrogen-bond acceptors (Lipinski definition) is 3. The van der Waals surface area contributed by atoms with Gasteiger partial charge in [-0.2, -0.15) is 0 Å². The van der Waals surface area contributed by atoms with Gasteiger partial charge in [0, 0.05) is 23.2 Å². The minimum atomic E-state index is -0.318. The van der Waals surface area contributed by atoms with Gasteiger partial charge in [-0.1, -0.05) is 6.92 Å². The van der Waals surface area contributed by atoms with E-state index in [9.17, 15) is 4.79 Å². The maximum atomic E-state index is 11.8. The van der Waals surface area contributed by atoms with E-state index in [1.807, 2.05) is 13.8 Å². The number of methoxy groups -OCH3 is 1. The fourth-order valence-electron chi connectivity index (χ4n) is 1.39. The molecule has 0 radical (unpaired) electrons. The molecule has 0 heterocycles. The molecule has 5 nitrogen and oxygen atoms in total. The van der Waals surface area contributed by atoms with Crippen LogP contribution < -0.4 is 15.4 Å². The van der Waals surface area contributed by atoms with Crippen molar-refractivity contribution >= 4 is 27.6 Å². The number of carbonyl (C=O) groups excluding carboxylic acids is 1. The summed E-state index contributed by atoms with van der Waals surface area (Å²) in [4.78, 5) is 11.8. The Hall–Kier alpha value is -1.27. The molecule has 106 valence electrons. The number of hydrogen-bond donors (Lipinski definition) is 3. The Bertz CT molecular complexity index is 440. The van der Waals surface area contributed by atoms with Crippen LogP contribution in [0.4, 0.5) is 10.5 Å². The maximum absolute atomic E-state index is 11.8. The van der Waals surface area contributed by atoms with E-state index < -0.39 is 0 Å². The third kappa shape index (κ3) is 4.72. The number of aliphatic hydroxyl groups is 1. The predicted octanol–water partition coefficient (Wildman–Crippen LogP) is 2.60. The Kier molecular flexibility index (Phi) is 6.11. The average Bonchev–Trinajstić information content (AvgIpc) is 2.40. The third-order valence-corrected chi connectivity index (χ3v) is 3.61. The zero-order valence-corrected chi connectivity index (χ0v) is 12.8. The van der Waals surface area contributed by atoms with Crippen molar-refractivity contribution in [3.05, 3.63) is 22.7 Å². The maximum Gasteiger partial charge on any atom is 0.319 e. The summed E-state index contributed by atoms with van der Waals surface area (Å²) in [5.74, 6) is 0.662. The fraction of sp³-hybridized carbons (Fsp3) is 0.462. The number of nitrogens with one attached hydrogen (secondary N) is 2. The predicted molar refractivity (Wildman–Crippen MR) is 78.6 cm³/mol. The first-order valence-corrected chi connectivity index (χ1v) is 6.79. The summed E-state index contributed by atoms with van der Waals surface area (Å²) in [6.45, 7) is 3.75. The molecule has 0 bridgehead atoms. The highest BCUT2D eigenvalue weighted by atomic mass is 79.9. The van der Waals surface area contributed by atoms with Crippen molar-refractivity contribution in [3.63, 3.8) is 0 Å². The highest BCUT2D eigenvalue weighted by Crippen LogP contribution is 2.26. The Balaban J connectivity index is 2.66. The molecule has 0 aliphatic carbocycles.